The van der Waals surface area contributed by atoms with Crippen molar-refractivity contribution in [2.24, 2.45) is 4.99 Å². The second-order valence-corrected chi connectivity index (χ2v) is 9.03. The molecule has 0 fully saturated rings. The van der Waals surface area contributed by atoms with Gasteiger partial charge in [0.1, 0.15) is 18.1 Å². The predicted octanol–water partition coefficient (Wildman–Crippen LogP) is 0.677. The smallest absolute Gasteiger partial charge is 0.354 e. The quantitative estimate of drug-likeness (QED) is 0.0784. The monoisotopic (exact) mass is 607 g/mol. The number of carbonyl (C=O) groups is 2. The molecule has 230 valence electrons. The number of aliphatic hydroxyl groups excluding tert-OH is 2. The van der Waals surface area contributed by atoms with Gasteiger partial charge in [-0.2, -0.15) is 0 Å². The Kier molecular flexibility index (Phi) is 17.0. The number of pyridine rings is 2. The molecule has 0 aromatic carbocycles. The second kappa shape index (κ2) is 20.5. The molecule has 0 spiro atoms. The largest absolute Gasteiger partial charge is 0.491 e. The van der Waals surface area contributed by atoms with Crippen LogP contribution in [0.1, 0.15) is 32.4 Å². The van der Waals surface area contributed by atoms with Crippen molar-refractivity contribution in [3.8, 4) is 5.75 Å². The molecule has 2 aromatic rings. The zero-order chi connectivity index (χ0) is 30.6. The molecular weight excluding hydrogens is 570 g/mol. The predicted molar refractivity (Wildman–Crippen MR) is 154 cm³/mol. The summed E-state index contributed by atoms with van der Waals surface area (Å²) in [7, 11) is 0. The Morgan fingerprint density at radius 3 is 1.98 bits per heavy atom. The number of isothiocyanates is 1. The second-order valence-electron chi connectivity index (χ2n) is 8.85. The van der Waals surface area contributed by atoms with Crippen LogP contribution in [0, 0.1) is 0 Å². The molecule has 2 heterocycles. The molecule has 0 bridgehead atoms. The molecule has 0 unspecified atom stereocenters. The van der Waals surface area contributed by atoms with Gasteiger partial charge in [0.15, 0.2) is 5.69 Å². The number of thiocarbonyl (C=S) groups is 1. The van der Waals surface area contributed by atoms with Crippen molar-refractivity contribution in [2.75, 3.05) is 79.0 Å². The third-order valence-electron chi connectivity index (χ3n) is 5.71. The van der Waals surface area contributed by atoms with Crippen LogP contribution in [0.2, 0.25) is 0 Å². The molecule has 0 radical (unpaired) electrons. The lowest BCUT2D eigenvalue weighted by atomic mass is 10.2. The molecule has 0 amide bonds. The average molecular weight is 608 g/mol. The molecule has 0 aliphatic rings. The van der Waals surface area contributed by atoms with Crippen molar-refractivity contribution in [2.45, 2.75) is 13.1 Å². The molecule has 42 heavy (non-hydrogen) atoms. The maximum absolute atomic E-state index is 11.5. The van der Waals surface area contributed by atoms with E-state index in [1.54, 1.807) is 18.2 Å². The van der Waals surface area contributed by atoms with Gasteiger partial charge in [-0.25, -0.2) is 24.5 Å². The fraction of sp³-hybridized carbons (Fsp3) is 0.519. The standard InChI is InChI=1S/C27H37N5O9S/c33-9-5-31(18-21-2-1-3-24(29-21)26(35)36)7-12-39-14-15-40-13-8-32(6-10-34)19-22-16-23(41-11-4-28-20-42)17-25(30-22)27(37)38/h1-3,16-17,33-34H,4-15,18-19H2,(H,35,36)(H,37,38). The van der Waals surface area contributed by atoms with Crippen LogP contribution in [0.5, 0.6) is 5.75 Å². The summed E-state index contributed by atoms with van der Waals surface area (Å²) in [5, 5.41) is 39.6. The summed E-state index contributed by atoms with van der Waals surface area (Å²) in [6, 6.07) is 7.78. The van der Waals surface area contributed by atoms with E-state index in [1.807, 2.05) is 9.80 Å². The van der Waals surface area contributed by atoms with Crippen LogP contribution in [0.4, 0.5) is 0 Å². The van der Waals surface area contributed by atoms with Crippen molar-refractivity contribution in [3.63, 3.8) is 0 Å². The molecule has 2 rings (SSSR count). The van der Waals surface area contributed by atoms with E-state index in [9.17, 15) is 24.9 Å². The van der Waals surface area contributed by atoms with Gasteiger partial charge in [-0.15, -0.1) is 0 Å². The minimum atomic E-state index is -1.18. The molecule has 4 N–H and O–H groups in total. The van der Waals surface area contributed by atoms with Crippen LogP contribution in [-0.2, 0) is 22.6 Å². The Balaban J connectivity index is 1.75. The number of aromatic nitrogens is 2. The van der Waals surface area contributed by atoms with Crippen molar-refractivity contribution in [3.05, 3.63) is 53.1 Å². The summed E-state index contributed by atoms with van der Waals surface area (Å²) < 4.78 is 16.9. The van der Waals surface area contributed by atoms with Crippen LogP contribution >= 0.6 is 12.2 Å². The maximum atomic E-state index is 11.5. The van der Waals surface area contributed by atoms with Crippen LogP contribution < -0.4 is 4.74 Å². The molecule has 14 nitrogen and oxygen atoms in total. The first-order valence-electron chi connectivity index (χ1n) is 13.3. The van der Waals surface area contributed by atoms with Crippen molar-refractivity contribution in [1.82, 2.24) is 19.8 Å². The van der Waals surface area contributed by atoms with Crippen molar-refractivity contribution < 1.29 is 44.2 Å². The first-order valence-corrected chi connectivity index (χ1v) is 13.7. The van der Waals surface area contributed by atoms with E-state index in [0.29, 0.717) is 82.8 Å². The number of aliphatic hydroxyl groups is 2. The normalized spacial score (nSPS) is 11.0. The lowest BCUT2D eigenvalue weighted by Crippen LogP contribution is -2.31. The number of carboxylic acid groups (broad SMARTS) is 2. The van der Waals surface area contributed by atoms with Gasteiger partial charge in [-0.1, -0.05) is 6.07 Å². The fourth-order valence-electron chi connectivity index (χ4n) is 3.77. The Morgan fingerprint density at radius 2 is 1.40 bits per heavy atom. The van der Waals surface area contributed by atoms with Crippen LogP contribution in [-0.4, -0.2) is 136 Å². The highest BCUT2D eigenvalue weighted by atomic mass is 32.1. The average Bonchev–Trinajstić information content (AvgIpc) is 2.96. The van der Waals surface area contributed by atoms with Crippen LogP contribution in [0.3, 0.4) is 0 Å². The number of aliphatic imine (C=N–C) groups is 1. The molecule has 15 heteroatoms. The number of hydrogen-bond acceptors (Lipinski definition) is 13. The molecule has 0 saturated carbocycles. The summed E-state index contributed by atoms with van der Waals surface area (Å²) in [5.41, 5.74) is 0.873. The highest BCUT2D eigenvalue weighted by molar-refractivity contribution is 7.78. The van der Waals surface area contributed by atoms with Crippen LogP contribution in [0.15, 0.2) is 35.3 Å². The Morgan fingerprint density at radius 1 is 0.810 bits per heavy atom. The van der Waals surface area contributed by atoms with E-state index in [0.717, 1.165) is 0 Å². The van der Waals surface area contributed by atoms with Gasteiger partial charge < -0.3 is 34.6 Å². The Hall–Kier alpha value is -3.40. The summed E-state index contributed by atoms with van der Waals surface area (Å²) in [4.78, 5) is 38.5. The highest BCUT2D eigenvalue weighted by Crippen LogP contribution is 2.16. The zero-order valence-corrected chi connectivity index (χ0v) is 24.1. The SMILES string of the molecule is O=C(O)c1cccc(CN(CCO)CCOCCOCCN(CCO)Cc2cc(OCCN=C=S)cc(C(=O)O)n2)n1. The third-order valence-corrected chi connectivity index (χ3v) is 5.84. The number of aromatic carboxylic acids is 2. The van der Waals surface area contributed by atoms with Gasteiger partial charge in [0.05, 0.1) is 62.7 Å². The van der Waals surface area contributed by atoms with Crippen molar-refractivity contribution in [1.29, 1.82) is 0 Å². The lowest BCUT2D eigenvalue weighted by molar-refractivity contribution is 0.0268. The molecule has 0 saturated heterocycles. The van der Waals surface area contributed by atoms with Gasteiger partial charge >= 0.3 is 11.9 Å². The minimum Gasteiger partial charge on any atom is -0.491 e. The molecule has 0 aliphatic heterocycles. The first kappa shape index (κ1) is 34.8. The van der Waals surface area contributed by atoms with E-state index in [4.69, 9.17) is 19.3 Å². The van der Waals surface area contributed by atoms with Gasteiger partial charge in [-0.3, -0.25) is 9.80 Å². The highest BCUT2D eigenvalue weighted by Gasteiger charge is 2.14. The van der Waals surface area contributed by atoms with E-state index in [1.165, 1.54) is 12.1 Å². The summed E-state index contributed by atoms with van der Waals surface area (Å²) in [6.07, 6.45) is 0. The van der Waals surface area contributed by atoms with Gasteiger partial charge in [0.25, 0.3) is 0 Å². The number of nitrogens with zero attached hydrogens (tertiary/aromatic N) is 5. The van der Waals surface area contributed by atoms with Gasteiger partial charge in [0.2, 0.25) is 0 Å². The zero-order valence-electron chi connectivity index (χ0n) is 23.3. The maximum Gasteiger partial charge on any atom is 0.354 e. The lowest BCUT2D eigenvalue weighted by Gasteiger charge is -2.22. The number of rotatable bonds is 23. The number of carboxylic acids is 2. The van der Waals surface area contributed by atoms with E-state index >= 15 is 0 Å². The number of ether oxygens (including phenoxy) is 3. The Labute approximate surface area is 249 Å². The fourth-order valence-corrected chi connectivity index (χ4v) is 3.86. The molecule has 0 aliphatic carbocycles. The van der Waals surface area contributed by atoms with Crippen molar-refractivity contribution >= 4 is 29.3 Å². The summed E-state index contributed by atoms with van der Waals surface area (Å²) in [6.45, 7) is 4.12. The summed E-state index contributed by atoms with van der Waals surface area (Å²) in [5.74, 6) is -1.93. The van der Waals surface area contributed by atoms with Gasteiger partial charge in [0, 0.05) is 51.4 Å². The van der Waals surface area contributed by atoms with E-state index in [-0.39, 0.29) is 37.8 Å². The first-order chi connectivity index (χ1) is 20.4. The summed E-state index contributed by atoms with van der Waals surface area (Å²) >= 11 is 4.52. The van der Waals surface area contributed by atoms with E-state index < -0.39 is 11.9 Å². The van der Waals surface area contributed by atoms with Crippen LogP contribution in [0.25, 0.3) is 0 Å². The topological polar surface area (TPSA) is 187 Å². The third kappa shape index (κ3) is 14.0. The number of hydrogen-bond donors (Lipinski definition) is 4. The van der Waals surface area contributed by atoms with Gasteiger partial charge in [-0.05, 0) is 24.4 Å². The molecular formula is C27H37N5O9S. The Bertz CT molecular complexity index is 1170. The van der Waals surface area contributed by atoms with E-state index in [2.05, 4.69) is 32.3 Å². The molecule has 0 atom stereocenters. The minimum absolute atomic E-state index is 0.0319. The molecule has 2 aromatic heterocycles.